The van der Waals surface area contributed by atoms with Crippen LogP contribution < -0.4 is 10.7 Å². The van der Waals surface area contributed by atoms with Crippen LogP contribution in [0, 0.1) is 0 Å². The molecule has 0 unspecified atom stereocenters. The molecule has 2 amide bonds. The number of benzene rings is 1. The summed E-state index contributed by atoms with van der Waals surface area (Å²) in [6, 6.07) is 8.66. The topological polar surface area (TPSA) is 62.7 Å². The van der Waals surface area contributed by atoms with Gasteiger partial charge in [-0.05, 0) is 12.1 Å². The van der Waals surface area contributed by atoms with Crippen molar-refractivity contribution >= 4 is 18.1 Å². The number of amides is 2. The van der Waals surface area contributed by atoms with E-state index in [9.17, 15) is 4.79 Å². The maximum Gasteiger partial charge on any atom is 0.339 e. The number of nitrogens with one attached hydrogen (secondary N) is 2. The van der Waals surface area contributed by atoms with Gasteiger partial charge in [0.05, 0.1) is 7.11 Å². The molecule has 14 heavy (non-hydrogen) atoms. The van der Waals surface area contributed by atoms with Crippen molar-refractivity contribution in [2.75, 3.05) is 12.4 Å². The third-order valence-corrected chi connectivity index (χ3v) is 1.36. The fourth-order valence-corrected chi connectivity index (χ4v) is 0.818. The normalized spacial score (nSPS) is 9.79. The molecule has 0 aliphatic heterocycles. The summed E-state index contributed by atoms with van der Waals surface area (Å²) >= 11 is 0. The van der Waals surface area contributed by atoms with Crippen LogP contribution in [0.2, 0.25) is 0 Å². The maximum atomic E-state index is 11.1. The van der Waals surface area contributed by atoms with Crippen LogP contribution in [0.1, 0.15) is 0 Å². The van der Waals surface area contributed by atoms with Gasteiger partial charge in [0, 0.05) is 5.69 Å². The first-order chi connectivity index (χ1) is 6.83. The Hall–Kier alpha value is -2.04. The highest BCUT2D eigenvalue weighted by atomic mass is 16.5. The van der Waals surface area contributed by atoms with E-state index in [0.717, 1.165) is 6.40 Å². The van der Waals surface area contributed by atoms with E-state index in [1.165, 1.54) is 7.11 Å². The lowest BCUT2D eigenvalue weighted by Gasteiger charge is -2.02. The molecule has 0 heterocycles. The zero-order chi connectivity index (χ0) is 10.2. The van der Waals surface area contributed by atoms with Crippen molar-refractivity contribution in [1.82, 2.24) is 5.43 Å². The van der Waals surface area contributed by atoms with E-state index >= 15 is 0 Å². The third-order valence-electron chi connectivity index (χ3n) is 1.36. The predicted molar refractivity (Wildman–Crippen MR) is 54.1 cm³/mol. The number of hydrogen-bond acceptors (Lipinski definition) is 3. The predicted octanol–water partition coefficient (Wildman–Crippen LogP) is 1.40. The second kappa shape index (κ2) is 5.58. The van der Waals surface area contributed by atoms with Gasteiger partial charge in [-0.3, -0.25) is 0 Å². The summed E-state index contributed by atoms with van der Waals surface area (Å²) in [5.74, 6) is 0. The van der Waals surface area contributed by atoms with Crippen LogP contribution in [0.3, 0.4) is 0 Å². The summed E-state index contributed by atoms with van der Waals surface area (Å²) in [6.07, 6.45) is 1.13. The first-order valence-electron chi connectivity index (χ1n) is 3.99. The Bertz CT molecular complexity index is 311. The minimum absolute atomic E-state index is 0.412. The molecule has 0 radical (unpaired) electrons. The lowest BCUT2D eigenvalue weighted by molar-refractivity contribution is 0.252. The summed E-state index contributed by atoms with van der Waals surface area (Å²) in [4.78, 5) is 11.1. The molecule has 0 aliphatic rings. The number of carbonyl (C=O) groups excluding carboxylic acids is 1. The van der Waals surface area contributed by atoms with Crippen LogP contribution in [0.5, 0.6) is 0 Å². The van der Waals surface area contributed by atoms with Crippen LogP contribution in [0.4, 0.5) is 10.5 Å². The van der Waals surface area contributed by atoms with Gasteiger partial charge in [-0.25, -0.2) is 10.2 Å². The molecule has 0 saturated heterocycles. The zero-order valence-electron chi connectivity index (χ0n) is 7.73. The molecule has 0 aromatic heterocycles. The summed E-state index contributed by atoms with van der Waals surface area (Å²) in [5.41, 5.74) is 2.93. The number of methoxy groups -OCH3 is 1. The number of para-hydroxylation sites is 1. The molecular weight excluding hydrogens is 182 g/mol. The molecule has 0 saturated carbocycles. The van der Waals surface area contributed by atoms with E-state index in [0.29, 0.717) is 5.69 Å². The number of nitrogens with zero attached hydrogens (tertiary/aromatic N) is 1. The Morgan fingerprint density at radius 1 is 1.43 bits per heavy atom. The third kappa shape index (κ3) is 3.57. The Morgan fingerprint density at radius 2 is 2.14 bits per heavy atom. The Kier molecular flexibility index (Phi) is 4.00. The van der Waals surface area contributed by atoms with E-state index in [1.807, 2.05) is 18.2 Å². The minimum atomic E-state index is -0.412. The summed E-state index contributed by atoms with van der Waals surface area (Å²) in [7, 11) is 1.44. The number of ether oxygens (including phenoxy) is 1. The molecule has 1 aromatic carbocycles. The van der Waals surface area contributed by atoms with E-state index in [-0.39, 0.29) is 0 Å². The molecule has 0 fully saturated rings. The van der Waals surface area contributed by atoms with Crippen molar-refractivity contribution in [2.45, 2.75) is 0 Å². The molecule has 74 valence electrons. The standard InChI is InChI=1S/C9H11N3O2/c1-14-7-10-12-9(13)11-8-5-3-2-4-6-8/h2-7H,1H3,(H2,11,12,13)/b10-7+. The van der Waals surface area contributed by atoms with Crippen molar-refractivity contribution in [3.05, 3.63) is 30.3 Å². The zero-order valence-corrected chi connectivity index (χ0v) is 7.73. The molecule has 0 spiro atoms. The average Bonchev–Trinajstić information content (AvgIpc) is 2.20. The minimum Gasteiger partial charge on any atom is -0.485 e. The maximum absolute atomic E-state index is 11.1. The molecule has 1 rings (SSSR count). The molecule has 0 bridgehead atoms. The number of urea groups is 1. The van der Waals surface area contributed by atoms with Gasteiger partial charge >= 0.3 is 6.03 Å². The molecule has 5 heteroatoms. The lowest BCUT2D eigenvalue weighted by Crippen LogP contribution is -2.24. The van der Waals surface area contributed by atoms with Gasteiger partial charge in [0.2, 0.25) is 0 Å². The fourth-order valence-electron chi connectivity index (χ4n) is 0.818. The van der Waals surface area contributed by atoms with E-state index in [1.54, 1.807) is 12.1 Å². The number of anilines is 1. The van der Waals surface area contributed by atoms with Crippen LogP contribution in [0.15, 0.2) is 35.4 Å². The van der Waals surface area contributed by atoms with Crippen molar-refractivity contribution in [2.24, 2.45) is 5.10 Å². The molecule has 2 N–H and O–H groups in total. The number of carbonyl (C=O) groups is 1. The number of hydrazone groups is 1. The average molecular weight is 193 g/mol. The second-order valence-corrected chi connectivity index (χ2v) is 2.40. The summed E-state index contributed by atoms with van der Waals surface area (Å²) in [6.45, 7) is 0. The second-order valence-electron chi connectivity index (χ2n) is 2.40. The van der Waals surface area contributed by atoms with Crippen molar-refractivity contribution in [1.29, 1.82) is 0 Å². The van der Waals surface area contributed by atoms with Crippen LogP contribution >= 0.6 is 0 Å². The van der Waals surface area contributed by atoms with Gasteiger partial charge in [-0.1, -0.05) is 18.2 Å². The number of rotatable bonds is 3. The smallest absolute Gasteiger partial charge is 0.339 e. The molecule has 0 aliphatic carbocycles. The highest BCUT2D eigenvalue weighted by molar-refractivity contribution is 5.89. The number of hydrogen-bond donors (Lipinski definition) is 2. The van der Waals surface area contributed by atoms with Gasteiger partial charge in [-0.15, -0.1) is 5.10 Å². The Balaban J connectivity index is 2.38. The van der Waals surface area contributed by atoms with Crippen LogP contribution in [0.25, 0.3) is 0 Å². The molecule has 0 atom stereocenters. The monoisotopic (exact) mass is 193 g/mol. The largest absolute Gasteiger partial charge is 0.485 e. The Morgan fingerprint density at radius 3 is 2.79 bits per heavy atom. The van der Waals surface area contributed by atoms with Crippen molar-refractivity contribution in [3.8, 4) is 0 Å². The highest BCUT2D eigenvalue weighted by Gasteiger charge is 1.97. The van der Waals surface area contributed by atoms with Gasteiger partial charge in [0.15, 0.2) is 6.40 Å². The van der Waals surface area contributed by atoms with Gasteiger partial charge in [0.25, 0.3) is 0 Å². The fraction of sp³-hybridized carbons (Fsp3) is 0.111. The van der Waals surface area contributed by atoms with Gasteiger partial charge < -0.3 is 10.1 Å². The van der Waals surface area contributed by atoms with Crippen molar-refractivity contribution in [3.63, 3.8) is 0 Å². The lowest BCUT2D eigenvalue weighted by atomic mass is 10.3. The van der Waals surface area contributed by atoms with Gasteiger partial charge in [-0.2, -0.15) is 0 Å². The first kappa shape index (κ1) is 10.0. The highest BCUT2D eigenvalue weighted by Crippen LogP contribution is 2.03. The quantitative estimate of drug-likeness (QED) is 0.433. The van der Waals surface area contributed by atoms with Crippen LogP contribution in [-0.2, 0) is 4.74 Å². The van der Waals surface area contributed by atoms with E-state index in [2.05, 4.69) is 20.6 Å². The first-order valence-corrected chi connectivity index (χ1v) is 3.99. The van der Waals surface area contributed by atoms with Crippen LogP contribution in [-0.4, -0.2) is 19.5 Å². The van der Waals surface area contributed by atoms with Gasteiger partial charge in [0.1, 0.15) is 0 Å². The van der Waals surface area contributed by atoms with E-state index in [4.69, 9.17) is 0 Å². The SMILES string of the molecule is CO/C=N/NC(=O)Nc1ccccc1. The molecular formula is C9H11N3O2. The Labute approximate surface area is 81.8 Å². The molecule has 5 nitrogen and oxygen atoms in total. The van der Waals surface area contributed by atoms with Crippen molar-refractivity contribution < 1.29 is 9.53 Å². The van der Waals surface area contributed by atoms with E-state index < -0.39 is 6.03 Å². The summed E-state index contributed by atoms with van der Waals surface area (Å²) < 4.78 is 4.51. The molecule has 1 aromatic rings. The summed E-state index contributed by atoms with van der Waals surface area (Å²) in [5, 5.41) is 6.06.